The zero-order valence-electron chi connectivity index (χ0n) is 16.1. The Hall–Kier alpha value is -3.37. The second kappa shape index (κ2) is 8.56. The lowest BCUT2D eigenvalue weighted by Crippen LogP contribution is -2.12. The van der Waals surface area contributed by atoms with E-state index in [4.69, 9.17) is 4.74 Å². The highest BCUT2D eigenvalue weighted by Gasteiger charge is 2.14. The minimum atomic E-state index is -0.451. The zero-order chi connectivity index (χ0) is 21.1. The van der Waals surface area contributed by atoms with Crippen LogP contribution >= 0.6 is 23.1 Å². The molecule has 0 unspecified atom stereocenters. The van der Waals surface area contributed by atoms with Crippen molar-refractivity contribution in [1.29, 1.82) is 0 Å². The fourth-order valence-electron chi connectivity index (χ4n) is 2.84. The maximum absolute atomic E-state index is 12.7. The van der Waals surface area contributed by atoms with Gasteiger partial charge in [-0.05, 0) is 30.5 Å². The maximum atomic E-state index is 12.7. The molecule has 8 nitrogen and oxygen atoms in total. The highest BCUT2D eigenvalue weighted by Crippen LogP contribution is 2.26. The van der Waals surface area contributed by atoms with Crippen LogP contribution in [0, 0.1) is 0 Å². The first kappa shape index (κ1) is 19.9. The first-order chi connectivity index (χ1) is 14.6. The summed E-state index contributed by atoms with van der Waals surface area (Å²) in [5, 5.41) is 5.95. The summed E-state index contributed by atoms with van der Waals surface area (Å²) in [5.74, 6) is -0.708. The third-order valence-corrected chi connectivity index (χ3v) is 5.71. The normalized spacial score (nSPS) is 10.7. The van der Waals surface area contributed by atoms with Gasteiger partial charge in [-0.15, -0.1) is 11.3 Å². The molecule has 0 spiro atoms. The van der Waals surface area contributed by atoms with Crippen LogP contribution in [-0.4, -0.2) is 44.8 Å². The quantitative estimate of drug-likeness (QED) is 0.347. The first-order valence-corrected chi connectivity index (χ1v) is 10.9. The van der Waals surface area contributed by atoms with E-state index in [9.17, 15) is 9.59 Å². The Labute approximate surface area is 180 Å². The van der Waals surface area contributed by atoms with Crippen molar-refractivity contribution in [3.8, 4) is 16.9 Å². The van der Waals surface area contributed by atoms with Gasteiger partial charge in [-0.3, -0.25) is 14.7 Å². The number of benzene rings is 1. The summed E-state index contributed by atoms with van der Waals surface area (Å²) in [6.45, 7) is 0. The summed E-state index contributed by atoms with van der Waals surface area (Å²) in [4.78, 5) is 35.9. The number of hydrogen-bond acceptors (Lipinski definition) is 7. The van der Waals surface area contributed by atoms with Crippen LogP contribution in [0.2, 0.25) is 0 Å². The number of nitrogens with zero attached hydrogens (tertiary/aromatic N) is 3. The summed E-state index contributed by atoms with van der Waals surface area (Å²) in [5.41, 5.74) is 3.09. The van der Waals surface area contributed by atoms with E-state index in [2.05, 4.69) is 20.3 Å². The van der Waals surface area contributed by atoms with Crippen molar-refractivity contribution in [3.63, 3.8) is 0 Å². The number of aromatic nitrogens is 4. The van der Waals surface area contributed by atoms with Crippen molar-refractivity contribution < 1.29 is 14.3 Å². The maximum Gasteiger partial charge on any atom is 0.354 e. The highest BCUT2D eigenvalue weighted by atomic mass is 32.2. The van der Waals surface area contributed by atoms with E-state index in [0.717, 1.165) is 16.4 Å². The predicted octanol–water partition coefficient (Wildman–Crippen LogP) is 4.08. The molecule has 4 rings (SSSR count). The Kier molecular flexibility index (Phi) is 5.68. The van der Waals surface area contributed by atoms with Crippen LogP contribution in [-0.2, 0) is 4.74 Å². The van der Waals surface area contributed by atoms with Crippen molar-refractivity contribution in [3.05, 3.63) is 65.6 Å². The lowest BCUT2D eigenvalue weighted by molar-refractivity contribution is 0.0594. The average molecular weight is 440 g/mol. The Morgan fingerprint density at radius 1 is 1.30 bits per heavy atom. The summed E-state index contributed by atoms with van der Waals surface area (Å²) in [7, 11) is 1.32. The number of thioether (sulfide) groups is 1. The molecule has 0 radical (unpaired) electrons. The fraction of sp³-hybridized carbons (Fsp3) is 0.100. The molecule has 0 aliphatic heterocycles. The smallest absolute Gasteiger partial charge is 0.354 e. The number of aromatic amines is 1. The molecule has 0 bridgehead atoms. The van der Waals surface area contributed by atoms with Gasteiger partial charge in [-0.2, -0.15) is 0 Å². The van der Waals surface area contributed by atoms with Gasteiger partial charge < -0.3 is 9.72 Å². The molecule has 0 atom stereocenters. The third-order valence-electron chi connectivity index (χ3n) is 4.28. The molecule has 10 heteroatoms. The van der Waals surface area contributed by atoms with Gasteiger partial charge in [0.15, 0.2) is 10.3 Å². The molecular weight excluding hydrogens is 422 g/mol. The Balaban J connectivity index is 1.51. The first-order valence-electron chi connectivity index (χ1n) is 8.81. The van der Waals surface area contributed by atoms with Gasteiger partial charge in [-0.1, -0.05) is 17.8 Å². The van der Waals surface area contributed by atoms with Crippen molar-refractivity contribution in [2.75, 3.05) is 18.7 Å². The number of nitrogens with one attached hydrogen (secondary N) is 2. The third kappa shape index (κ3) is 4.00. The number of rotatable bonds is 6. The summed E-state index contributed by atoms with van der Waals surface area (Å²) in [6.07, 6.45) is 7.20. The molecule has 0 aliphatic rings. The van der Waals surface area contributed by atoms with Crippen LogP contribution in [0.1, 0.15) is 20.8 Å². The van der Waals surface area contributed by atoms with Crippen LogP contribution in [0.4, 0.5) is 5.13 Å². The van der Waals surface area contributed by atoms with E-state index in [1.54, 1.807) is 30.6 Å². The van der Waals surface area contributed by atoms with Gasteiger partial charge in [0, 0.05) is 40.8 Å². The second-order valence-electron chi connectivity index (χ2n) is 6.12. The van der Waals surface area contributed by atoms with Crippen LogP contribution in [0.25, 0.3) is 16.9 Å². The second-order valence-corrected chi connectivity index (χ2v) is 7.75. The number of carbonyl (C=O) groups excluding carboxylic acids is 2. The van der Waals surface area contributed by atoms with E-state index < -0.39 is 5.97 Å². The molecular formula is C20H17N5O3S2. The molecule has 3 heterocycles. The fourth-order valence-corrected chi connectivity index (χ4v) is 4.08. The van der Waals surface area contributed by atoms with E-state index in [-0.39, 0.29) is 5.91 Å². The largest absolute Gasteiger partial charge is 0.464 e. The summed E-state index contributed by atoms with van der Waals surface area (Å²) < 4.78 is 6.62. The molecule has 30 heavy (non-hydrogen) atoms. The van der Waals surface area contributed by atoms with Gasteiger partial charge in [0.1, 0.15) is 5.69 Å². The average Bonchev–Trinajstić information content (AvgIpc) is 3.53. The minimum Gasteiger partial charge on any atom is -0.464 e. The van der Waals surface area contributed by atoms with Crippen molar-refractivity contribution in [1.82, 2.24) is 19.5 Å². The Morgan fingerprint density at radius 3 is 2.97 bits per heavy atom. The van der Waals surface area contributed by atoms with Crippen molar-refractivity contribution in [2.45, 2.75) is 5.16 Å². The molecule has 2 N–H and O–H groups in total. The predicted molar refractivity (Wildman–Crippen MR) is 117 cm³/mol. The Morgan fingerprint density at radius 2 is 2.17 bits per heavy atom. The number of anilines is 1. The van der Waals surface area contributed by atoms with Crippen molar-refractivity contribution >= 4 is 40.1 Å². The monoisotopic (exact) mass is 439 g/mol. The van der Waals surface area contributed by atoms with E-state index in [0.29, 0.717) is 22.1 Å². The molecule has 0 aliphatic carbocycles. The molecule has 1 amide bonds. The zero-order valence-corrected chi connectivity index (χ0v) is 17.7. The van der Waals surface area contributed by atoms with E-state index in [1.807, 2.05) is 34.5 Å². The van der Waals surface area contributed by atoms with Gasteiger partial charge in [-0.25, -0.2) is 14.8 Å². The summed E-state index contributed by atoms with van der Waals surface area (Å²) >= 11 is 2.84. The van der Waals surface area contributed by atoms with Crippen LogP contribution in [0.3, 0.4) is 0 Å². The Bertz CT molecular complexity index is 1210. The molecule has 152 valence electrons. The van der Waals surface area contributed by atoms with Crippen LogP contribution in [0.15, 0.2) is 59.5 Å². The topological polar surface area (TPSA) is 102 Å². The number of H-pyrrole nitrogens is 1. The number of esters is 1. The molecule has 1 aromatic carbocycles. The minimum absolute atomic E-state index is 0.257. The lowest BCUT2D eigenvalue weighted by atomic mass is 10.2. The summed E-state index contributed by atoms with van der Waals surface area (Å²) in [6, 6.07) is 8.96. The molecule has 4 aromatic rings. The van der Waals surface area contributed by atoms with Crippen LogP contribution in [0.5, 0.6) is 0 Å². The molecule has 0 fully saturated rings. The van der Waals surface area contributed by atoms with Gasteiger partial charge in [0.05, 0.1) is 12.8 Å². The standard InChI is InChI=1S/C20H17N5O3S2/c1-28-18(27)15-9-13(10-22-15)16-11-30-19(23-16)24-17(26)12-4-3-5-14(8-12)25-7-6-21-20(25)29-2/h3-11,22H,1-2H3,(H,23,24,26). The van der Waals surface area contributed by atoms with Gasteiger partial charge in [0.2, 0.25) is 0 Å². The lowest BCUT2D eigenvalue weighted by Gasteiger charge is -2.08. The molecule has 0 saturated heterocycles. The van der Waals surface area contributed by atoms with Crippen molar-refractivity contribution in [2.24, 2.45) is 0 Å². The number of amides is 1. The van der Waals surface area contributed by atoms with Gasteiger partial charge in [0.25, 0.3) is 5.91 Å². The van der Waals surface area contributed by atoms with Crippen LogP contribution < -0.4 is 5.32 Å². The number of methoxy groups -OCH3 is 1. The SMILES string of the molecule is COC(=O)c1cc(-c2csc(NC(=O)c3cccc(-n4ccnc4SC)c3)n2)c[nH]1. The molecule has 3 aromatic heterocycles. The van der Waals surface area contributed by atoms with Gasteiger partial charge >= 0.3 is 5.97 Å². The number of hydrogen-bond donors (Lipinski definition) is 2. The number of thiazole rings is 1. The van der Waals surface area contributed by atoms with E-state index in [1.165, 1.54) is 30.2 Å². The molecule has 0 saturated carbocycles. The number of carbonyl (C=O) groups is 2. The number of imidazole rings is 1. The number of ether oxygens (including phenoxy) is 1. The van der Waals surface area contributed by atoms with E-state index >= 15 is 0 Å². The highest BCUT2D eigenvalue weighted by molar-refractivity contribution is 7.98.